The molecular formula is C30H32F2N6O2. The molecule has 1 saturated heterocycles. The van der Waals surface area contributed by atoms with E-state index in [9.17, 15) is 9.90 Å². The second-order valence-corrected chi connectivity index (χ2v) is 10.5. The maximum absolute atomic E-state index is 15.2. The average molecular weight is 547 g/mol. The molecule has 0 unspecified atom stereocenters. The number of halogens is 2. The number of fused-ring (bicyclic) bond motifs is 1. The molecule has 0 aliphatic carbocycles. The molecule has 0 spiro atoms. The molecule has 8 nitrogen and oxygen atoms in total. The van der Waals surface area contributed by atoms with Gasteiger partial charge in [-0.1, -0.05) is 18.7 Å². The lowest BCUT2D eigenvalue weighted by Gasteiger charge is -2.38. The van der Waals surface area contributed by atoms with Gasteiger partial charge in [-0.05, 0) is 56.3 Å². The van der Waals surface area contributed by atoms with Crippen molar-refractivity contribution in [2.45, 2.75) is 19.4 Å². The average Bonchev–Trinajstić information content (AvgIpc) is 3.35. The Kier molecular flexibility index (Phi) is 7.55. The fourth-order valence-electron chi connectivity index (χ4n) is 4.97. The van der Waals surface area contributed by atoms with Gasteiger partial charge in [0, 0.05) is 44.0 Å². The number of piperazine rings is 1. The Morgan fingerprint density at radius 2 is 1.88 bits per heavy atom. The molecule has 1 amide bonds. The summed E-state index contributed by atoms with van der Waals surface area (Å²) in [6.07, 6.45) is 4.56. The van der Waals surface area contributed by atoms with E-state index in [1.807, 2.05) is 39.6 Å². The number of hydrogen-bond donors (Lipinski definition) is 3. The van der Waals surface area contributed by atoms with Crippen molar-refractivity contribution < 1.29 is 18.7 Å². The number of aromatic nitrogens is 2. The zero-order chi connectivity index (χ0) is 28.4. The molecule has 1 aliphatic heterocycles. The smallest absolute Gasteiger partial charge is 0.247 e. The lowest BCUT2D eigenvalue weighted by molar-refractivity contribution is -0.111. The van der Waals surface area contributed by atoms with Gasteiger partial charge in [-0.25, -0.2) is 13.8 Å². The van der Waals surface area contributed by atoms with E-state index >= 15 is 8.78 Å². The van der Waals surface area contributed by atoms with Crippen LogP contribution in [0, 0.1) is 11.6 Å². The summed E-state index contributed by atoms with van der Waals surface area (Å²) >= 11 is 0. The van der Waals surface area contributed by atoms with Crippen molar-refractivity contribution in [2.24, 2.45) is 0 Å². The molecule has 1 aliphatic rings. The van der Waals surface area contributed by atoms with Crippen LogP contribution in [0.5, 0.6) is 0 Å². The van der Waals surface area contributed by atoms with Gasteiger partial charge in [-0.3, -0.25) is 9.69 Å². The second-order valence-electron chi connectivity index (χ2n) is 10.5. The van der Waals surface area contributed by atoms with E-state index in [4.69, 9.17) is 0 Å². The number of nitrogens with one attached hydrogen (secondary N) is 2. The van der Waals surface area contributed by atoms with E-state index in [-0.39, 0.29) is 17.3 Å². The molecular weight excluding hydrogens is 514 g/mol. The zero-order valence-corrected chi connectivity index (χ0v) is 22.5. The maximum atomic E-state index is 15.2. The number of amides is 1. The van der Waals surface area contributed by atoms with Gasteiger partial charge in [0.2, 0.25) is 5.91 Å². The Balaban J connectivity index is 1.34. The molecule has 0 bridgehead atoms. The van der Waals surface area contributed by atoms with Crippen LogP contribution in [0.4, 0.5) is 31.7 Å². The highest BCUT2D eigenvalue weighted by molar-refractivity contribution is 5.99. The van der Waals surface area contributed by atoms with Crippen molar-refractivity contribution >= 4 is 34.3 Å². The molecule has 40 heavy (non-hydrogen) atoms. The van der Waals surface area contributed by atoms with Crippen LogP contribution in [-0.2, 0) is 4.79 Å². The Morgan fingerprint density at radius 1 is 1.10 bits per heavy atom. The number of rotatable bonds is 8. The Morgan fingerprint density at radius 3 is 2.60 bits per heavy atom. The van der Waals surface area contributed by atoms with Crippen LogP contribution in [0.2, 0.25) is 0 Å². The SMILES string of the molecule is C=CC(=O)Nc1cccc(-c2ccc3cnc(Nc4ccc(N5CCN(CC(C)(C)O)CC5)c(F)c4F)cn23)c1. The molecule has 208 valence electrons. The van der Waals surface area contributed by atoms with Crippen LogP contribution in [0.25, 0.3) is 16.8 Å². The Labute approximate surface area is 231 Å². The number of β-amino-alcohol motifs (C(OH)–C–C–N with tert-alkyl or cyclic N) is 1. The van der Waals surface area contributed by atoms with Crippen molar-refractivity contribution in [1.29, 1.82) is 0 Å². The van der Waals surface area contributed by atoms with E-state index < -0.39 is 17.2 Å². The topological polar surface area (TPSA) is 85.1 Å². The molecule has 4 aromatic rings. The van der Waals surface area contributed by atoms with E-state index in [1.54, 1.807) is 38.4 Å². The van der Waals surface area contributed by atoms with Crippen LogP contribution in [0.15, 0.2) is 73.6 Å². The van der Waals surface area contributed by atoms with Crippen molar-refractivity contribution in [3.8, 4) is 11.3 Å². The highest BCUT2D eigenvalue weighted by Gasteiger charge is 2.25. The van der Waals surface area contributed by atoms with Crippen molar-refractivity contribution in [3.05, 3.63) is 85.2 Å². The third kappa shape index (κ3) is 5.98. The number of nitrogens with zero attached hydrogens (tertiary/aromatic N) is 4. The first-order valence-electron chi connectivity index (χ1n) is 13.1. The molecule has 3 N–H and O–H groups in total. The summed E-state index contributed by atoms with van der Waals surface area (Å²) in [7, 11) is 0. The van der Waals surface area contributed by atoms with Gasteiger partial charge in [0.15, 0.2) is 11.6 Å². The lowest BCUT2D eigenvalue weighted by atomic mass is 10.1. The van der Waals surface area contributed by atoms with Gasteiger partial charge in [-0.15, -0.1) is 0 Å². The largest absolute Gasteiger partial charge is 0.389 e. The van der Waals surface area contributed by atoms with Gasteiger partial charge in [-0.2, -0.15) is 0 Å². The number of anilines is 4. The van der Waals surface area contributed by atoms with E-state index in [0.717, 1.165) is 16.8 Å². The van der Waals surface area contributed by atoms with Crippen LogP contribution in [0.1, 0.15) is 13.8 Å². The predicted octanol–water partition coefficient (Wildman–Crippen LogP) is 5.04. The molecule has 5 rings (SSSR count). The summed E-state index contributed by atoms with van der Waals surface area (Å²) in [6.45, 7) is 9.89. The quantitative estimate of drug-likeness (QED) is 0.269. The van der Waals surface area contributed by atoms with Crippen molar-refractivity contribution in [3.63, 3.8) is 0 Å². The number of benzene rings is 2. The van der Waals surface area contributed by atoms with E-state index in [1.165, 1.54) is 12.1 Å². The third-order valence-electron chi connectivity index (χ3n) is 6.80. The van der Waals surface area contributed by atoms with Gasteiger partial charge >= 0.3 is 0 Å². The zero-order valence-electron chi connectivity index (χ0n) is 22.5. The first kappa shape index (κ1) is 27.3. The van der Waals surface area contributed by atoms with Gasteiger partial charge in [0.05, 0.1) is 40.6 Å². The standard InChI is InChI=1S/C30H32F2N6O2/c1-4-27(39)34-21-7-5-6-20(16-21)24-10-8-22-17-33-26(18-38(22)24)35-23-9-11-25(29(32)28(23)31)37-14-12-36(13-15-37)19-30(2,3)40/h4-11,16-18,35,40H,1,12-15,19H2,2-3H3,(H,34,39). The number of aliphatic hydroxyl groups is 1. The molecule has 1 fully saturated rings. The molecule has 2 aromatic carbocycles. The number of hydrogen-bond acceptors (Lipinski definition) is 6. The Hall–Kier alpha value is -4.28. The number of carbonyl (C=O) groups is 1. The second kappa shape index (κ2) is 11.1. The normalized spacial score (nSPS) is 14.4. The minimum atomic E-state index is -0.975. The lowest BCUT2D eigenvalue weighted by Crippen LogP contribution is -2.50. The van der Waals surface area contributed by atoms with Crippen LogP contribution in [-0.4, -0.2) is 63.6 Å². The van der Waals surface area contributed by atoms with Gasteiger partial charge in [0.1, 0.15) is 5.82 Å². The summed E-state index contributed by atoms with van der Waals surface area (Å²) in [5, 5.41) is 15.7. The van der Waals surface area contributed by atoms with Gasteiger partial charge < -0.3 is 25.0 Å². The monoisotopic (exact) mass is 546 g/mol. The maximum Gasteiger partial charge on any atom is 0.247 e. The minimum absolute atomic E-state index is 0.0170. The molecule has 2 aromatic heterocycles. The van der Waals surface area contributed by atoms with E-state index in [2.05, 4.69) is 27.1 Å². The predicted molar refractivity (Wildman–Crippen MR) is 154 cm³/mol. The molecule has 0 radical (unpaired) electrons. The first-order valence-corrected chi connectivity index (χ1v) is 13.1. The molecule has 3 heterocycles. The van der Waals surface area contributed by atoms with Crippen LogP contribution < -0.4 is 15.5 Å². The highest BCUT2D eigenvalue weighted by Crippen LogP contribution is 2.31. The first-order chi connectivity index (χ1) is 19.1. The van der Waals surface area contributed by atoms with Gasteiger partial charge in [0.25, 0.3) is 0 Å². The fraction of sp³-hybridized carbons (Fsp3) is 0.267. The molecule has 10 heteroatoms. The summed E-state index contributed by atoms with van der Waals surface area (Å²) in [5.41, 5.74) is 2.51. The third-order valence-corrected chi connectivity index (χ3v) is 6.80. The molecule has 0 saturated carbocycles. The summed E-state index contributed by atoms with van der Waals surface area (Å²) in [4.78, 5) is 20.0. The summed E-state index contributed by atoms with van der Waals surface area (Å²) < 4.78 is 32.3. The molecule has 0 atom stereocenters. The van der Waals surface area contributed by atoms with Crippen molar-refractivity contribution in [2.75, 3.05) is 48.3 Å². The summed E-state index contributed by atoms with van der Waals surface area (Å²) in [6, 6.07) is 14.3. The summed E-state index contributed by atoms with van der Waals surface area (Å²) in [5.74, 6) is -1.85. The fourth-order valence-corrected chi connectivity index (χ4v) is 4.97. The highest BCUT2D eigenvalue weighted by atomic mass is 19.2. The van der Waals surface area contributed by atoms with Crippen LogP contribution >= 0.6 is 0 Å². The van der Waals surface area contributed by atoms with Crippen LogP contribution in [0.3, 0.4) is 0 Å². The Bertz CT molecular complexity index is 1550. The van der Waals surface area contributed by atoms with E-state index in [0.29, 0.717) is 44.2 Å². The number of carbonyl (C=O) groups excluding carboxylic acids is 1. The van der Waals surface area contributed by atoms with Crippen molar-refractivity contribution in [1.82, 2.24) is 14.3 Å². The minimum Gasteiger partial charge on any atom is -0.389 e.